The summed E-state index contributed by atoms with van der Waals surface area (Å²) in [6.45, 7) is 5.57. The number of carbonyl (C=O) groups excluding carboxylic acids is 2. The fourth-order valence-electron chi connectivity index (χ4n) is 0.795. The summed E-state index contributed by atoms with van der Waals surface area (Å²) in [7, 11) is 1.64. The molecule has 0 heterocycles. The van der Waals surface area contributed by atoms with E-state index in [1.54, 1.807) is 14.0 Å². The van der Waals surface area contributed by atoms with Crippen molar-refractivity contribution >= 4 is 23.5 Å². The van der Waals surface area contributed by atoms with Crippen molar-refractivity contribution in [2.75, 3.05) is 26.1 Å². The van der Waals surface area contributed by atoms with E-state index in [1.807, 2.05) is 0 Å². The van der Waals surface area contributed by atoms with Gasteiger partial charge in [0.2, 0.25) is 5.91 Å². The van der Waals surface area contributed by atoms with E-state index < -0.39 is 5.97 Å². The molecule has 1 amide bonds. The minimum Gasteiger partial charge on any atom is -0.460 e. The molecule has 0 rings (SSSR count). The normalized spacial score (nSPS) is 9.53. The molecule has 0 saturated carbocycles. The SMILES string of the molecule is C=C(C)C(=O)OCCN(C)C(=O)CCCl. The van der Waals surface area contributed by atoms with Crippen LogP contribution < -0.4 is 0 Å². The molecule has 0 aliphatic carbocycles. The molecule has 0 bridgehead atoms. The van der Waals surface area contributed by atoms with Crippen LogP contribution in [0.1, 0.15) is 13.3 Å². The van der Waals surface area contributed by atoms with Crippen molar-refractivity contribution < 1.29 is 14.3 Å². The summed E-state index contributed by atoms with van der Waals surface area (Å²) in [5.41, 5.74) is 0.352. The minimum absolute atomic E-state index is 0.0589. The Morgan fingerprint density at radius 2 is 2.07 bits per heavy atom. The third kappa shape index (κ3) is 6.12. The standard InChI is InChI=1S/C10H16ClNO3/c1-8(2)10(14)15-7-6-12(3)9(13)4-5-11/h1,4-7H2,2-3H3. The summed E-state index contributed by atoms with van der Waals surface area (Å²) in [5.74, 6) is -0.195. The number of likely N-dealkylation sites (N-methyl/N-ethyl adjacent to an activating group) is 1. The molecule has 4 nitrogen and oxygen atoms in total. The van der Waals surface area contributed by atoms with E-state index in [-0.39, 0.29) is 12.5 Å². The number of rotatable bonds is 6. The quantitative estimate of drug-likeness (QED) is 0.393. The predicted molar refractivity (Wildman–Crippen MR) is 58.7 cm³/mol. The van der Waals surface area contributed by atoms with E-state index in [4.69, 9.17) is 16.3 Å². The van der Waals surface area contributed by atoms with Crippen molar-refractivity contribution in [2.24, 2.45) is 0 Å². The van der Waals surface area contributed by atoms with Crippen molar-refractivity contribution in [1.82, 2.24) is 4.90 Å². The highest BCUT2D eigenvalue weighted by Crippen LogP contribution is 1.95. The Hall–Kier alpha value is -1.03. The van der Waals surface area contributed by atoms with Crippen molar-refractivity contribution in [2.45, 2.75) is 13.3 Å². The third-order valence-electron chi connectivity index (χ3n) is 1.74. The minimum atomic E-state index is -0.437. The lowest BCUT2D eigenvalue weighted by molar-refractivity contribution is -0.141. The number of alkyl halides is 1. The molecule has 0 saturated heterocycles. The number of amides is 1. The topological polar surface area (TPSA) is 46.6 Å². The Balaban J connectivity index is 3.72. The van der Waals surface area contributed by atoms with Gasteiger partial charge in [-0.25, -0.2) is 4.79 Å². The third-order valence-corrected chi connectivity index (χ3v) is 1.93. The largest absolute Gasteiger partial charge is 0.460 e. The van der Waals surface area contributed by atoms with E-state index in [0.717, 1.165) is 0 Å². The second kappa shape index (κ2) is 7.29. The molecule has 0 aliphatic heterocycles. The van der Waals surface area contributed by atoms with Gasteiger partial charge in [0.1, 0.15) is 6.61 Å². The lowest BCUT2D eigenvalue weighted by atomic mass is 10.4. The second-order valence-corrected chi connectivity index (χ2v) is 3.55. The zero-order valence-electron chi connectivity index (χ0n) is 9.09. The molecule has 0 aromatic heterocycles. The van der Waals surface area contributed by atoms with Crippen LogP contribution in [-0.4, -0.2) is 42.9 Å². The summed E-state index contributed by atoms with van der Waals surface area (Å²) in [6, 6.07) is 0. The molecule has 0 spiro atoms. The zero-order chi connectivity index (χ0) is 11.8. The lowest BCUT2D eigenvalue weighted by Crippen LogP contribution is -2.30. The maximum Gasteiger partial charge on any atom is 0.333 e. The predicted octanol–water partition coefficient (Wildman–Crippen LogP) is 1.19. The Kier molecular flexibility index (Phi) is 6.79. The number of hydrogen-bond acceptors (Lipinski definition) is 3. The first-order valence-corrected chi connectivity index (χ1v) is 5.15. The van der Waals surface area contributed by atoms with Gasteiger partial charge in [-0.05, 0) is 6.92 Å². The molecule has 0 aliphatic rings. The summed E-state index contributed by atoms with van der Waals surface area (Å²) in [4.78, 5) is 23.7. The van der Waals surface area contributed by atoms with Crippen molar-refractivity contribution in [3.63, 3.8) is 0 Å². The number of nitrogens with zero attached hydrogens (tertiary/aromatic N) is 1. The van der Waals surface area contributed by atoms with Gasteiger partial charge in [-0.15, -0.1) is 11.6 Å². The molecule has 0 unspecified atom stereocenters. The maximum absolute atomic E-state index is 11.2. The summed E-state index contributed by atoms with van der Waals surface area (Å²) >= 11 is 5.42. The van der Waals surface area contributed by atoms with E-state index in [0.29, 0.717) is 24.4 Å². The monoisotopic (exact) mass is 233 g/mol. The van der Waals surface area contributed by atoms with Crippen LogP contribution in [0.3, 0.4) is 0 Å². The van der Waals surface area contributed by atoms with Gasteiger partial charge >= 0.3 is 5.97 Å². The van der Waals surface area contributed by atoms with Gasteiger partial charge in [-0.2, -0.15) is 0 Å². The molecule has 0 atom stereocenters. The van der Waals surface area contributed by atoms with Crippen molar-refractivity contribution in [3.05, 3.63) is 12.2 Å². The van der Waals surface area contributed by atoms with Crippen molar-refractivity contribution in [1.29, 1.82) is 0 Å². The number of carbonyl (C=O) groups is 2. The number of ether oxygens (including phenoxy) is 1. The first kappa shape index (κ1) is 14.0. The van der Waals surface area contributed by atoms with Crippen LogP contribution in [0, 0.1) is 0 Å². The van der Waals surface area contributed by atoms with Crippen molar-refractivity contribution in [3.8, 4) is 0 Å². The van der Waals surface area contributed by atoms with Gasteiger partial charge in [-0.1, -0.05) is 6.58 Å². The second-order valence-electron chi connectivity index (χ2n) is 3.17. The summed E-state index contributed by atoms with van der Waals surface area (Å²) in [6.07, 6.45) is 0.298. The van der Waals surface area contributed by atoms with Crippen LogP contribution in [0.5, 0.6) is 0 Å². The molecule has 0 radical (unpaired) electrons. The van der Waals surface area contributed by atoms with Crippen LogP contribution in [-0.2, 0) is 14.3 Å². The Bertz CT molecular complexity index is 253. The highest BCUT2D eigenvalue weighted by molar-refractivity contribution is 6.18. The molecular weight excluding hydrogens is 218 g/mol. The Morgan fingerprint density at radius 3 is 2.53 bits per heavy atom. The molecule has 86 valence electrons. The molecule has 5 heteroatoms. The van der Waals surface area contributed by atoms with E-state index >= 15 is 0 Å². The maximum atomic E-state index is 11.2. The molecule has 0 aromatic rings. The highest BCUT2D eigenvalue weighted by atomic mass is 35.5. The van der Waals surface area contributed by atoms with Gasteiger partial charge < -0.3 is 9.64 Å². The van der Waals surface area contributed by atoms with Gasteiger partial charge in [0.25, 0.3) is 0 Å². The van der Waals surface area contributed by atoms with Crippen LogP contribution >= 0.6 is 11.6 Å². The first-order valence-electron chi connectivity index (χ1n) is 4.61. The van der Waals surface area contributed by atoms with E-state index in [1.165, 1.54) is 4.90 Å². The van der Waals surface area contributed by atoms with Crippen LogP contribution in [0.15, 0.2) is 12.2 Å². The van der Waals surface area contributed by atoms with Crippen LogP contribution in [0.25, 0.3) is 0 Å². The fraction of sp³-hybridized carbons (Fsp3) is 0.600. The van der Waals surface area contributed by atoms with Crippen LogP contribution in [0.4, 0.5) is 0 Å². The lowest BCUT2D eigenvalue weighted by Gasteiger charge is -2.16. The van der Waals surface area contributed by atoms with E-state index in [2.05, 4.69) is 6.58 Å². The smallest absolute Gasteiger partial charge is 0.333 e. The number of hydrogen-bond donors (Lipinski definition) is 0. The molecule has 0 N–H and O–H groups in total. The number of halogens is 1. The molecule has 0 aromatic carbocycles. The van der Waals surface area contributed by atoms with Gasteiger partial charge in [0, 0.05) is 24.9 Å². The van der Waals surface area contributed by atoms with Gasteiger partial charge in [0.05, 0.1) is 6.54 Å². The molecular formula is C10H16ClNO3. The fourth-order valence-corrected chi connectivity index (χ4v) is 0.957. The number of esters is 1. The van der Waals surface area contributed by atoms with Gasteiger partial charge in [0.15, 0.2) is 0 Å². The average molecular weight is 234 g/mol. The molecule has 0 fully saturated rings. The Morgan fingerprint density at radius 1 is 1.47 bits per heavy atom. The zero-order valence-corrected chi connectivity index (χ0v) is 9.84. The summed E-state index contributed by atoms with van der Waals surface area (Å²) < 4.78 is 4.84. The highest BCUT2D eigenvalue weighted by Gasteiger charge is 2.08. The first-order chi connectivity index (χ1) is 6.99. The average Bonchev–Trinajstić information content (AvgIpc) is 2.17. The van der Waals surface area contributed by atoms with Gasteiger partial charge in [-0.3, -0.25) is 4.79 Å². The Labute approximate surface area is 94.8 Å². The molecule has 15 heavy (non-hydrogen) atoms. The summed E-state index contributed by atoms with van der Waals surface area (Å²) in [5, 5.41) is 0. The van der Waals surface area contributed by atoms with E-state index in [9.17, 15) is 9.59 Å². The van der Waals surface area contributed by atoms with Crippen LogP contribution in [0.2, 0.25) is 0 Å².